The van der Waals surface area contributed by atoms with Crippen LogP contribution in [-0.4, -0.2) is 14.2 Å². The van der Waals surface area contributed by atoms with Gasteiger partial charge in [-0.15, -0.1) is 0 Å². The van der Waals surface area contributed by atoms with Crippen molar-refractivity contribution in [1.29, 1.82) is 0 Å². The van der Waals surface area contributed by atoms with E-state index in [4.69, 9.17) is 0 Å². The second-order valence-corrected chi connectivity index (χ2v) is 4.12. The molecule has 0 spiro atoms. The smallest absolute Gasteiger partial charge is 0.244 e. The van der Waals surface area contributed by atoms with Crippen LogP contribution in [0.2, 0.25) is 0 Å². The van der Waals surface area contributed by atoms with E-state index in [0.717, 1.165) is 11.5 Å². The lowest BCUT2D eigenvalue weighted by Gasteiger charge is -2.00. The van der Waals surface area contributed by atoms with Crippen LogP contribution in [0.1, 0.15) is 13.1 Å². The highest BCUT2D eigenvalue weighted by Gasteiger charge is 2.34. The van der Waals surface area contributed by atoms with Gasteiger partial charge >= 0.3 is 0 Å². The first-order valence-electron chi connectivity index (χ1n) is 5.42. The summed E-state index contributed by atoms with van der Waals surface area (Å²) >= 11 is 0. The number of hydrogen-bond donors (Lipinski definition) is 0. The van der Waals surface area contributed by atoms with E-state index < -0.39 is 0 Å². The first-order valence-corrected chi connectivity index (χ1v) is 5.42. The van der Waals surface area contributed by atoms with Crippen LogP contribution in [0.3, 0.4) is 0 Å². The van der Waals surface area contributed by atoms with Crippen molar-refractivity contribution < 1.29 is 4.68 Å². The van der Waals surface area contributed by atoms with E-state index in [1.807, 2.05) is 18.3 Å². The van der Waals surface area contributed by atoms with E-state index in [0.29, 0.717) is 0 Å². The molecular formula is C12H11N4+. The quantitative estimate of drug-likeness (QED) is 0.517. The van der Waals surface area contributed by atoms with Crippen molar-refractivity contribution in [3.63, 3.8) is 0 Å². The molecule has 0 aliphatic carbocycles. The number of benzene rings is 1. The minimum absolute atomic E-state index is 0.289. The number of fused-ring (bicyclic) bond motifs is 5. The molecule has 4 heteroatoms. The third-order valence-electron chi connectivity index (χ3n) is 3.25. The molecule has 1 aliphatic heterocycles. The molecule has 1 aromatic carbocycles. The van der Waals surface area contributed by atoms with Crippen LogP contribution >= 0.6 is 0 Å². The lowest BCUT2D eigenvalue weighted by Crippen LogP contribution is -2.41. The maximum Gasteiger partial charge on any atom is 0.274 e. The highest BCUT2D eigenvalue weighted by molar-refractivity contribution is 5.77. The second kappa shape index (κ2) is 2.52. The highest BCUT2D eigenvalue weighted by atomic mass is 15.6. The van der Waals surface area contributed by atoms with Crippen molar-refractivity contribution in [1.82, 2.24) is 14.2 Å². The van der Waals surface area contributed by atoms with Gasteiger partial charge < -0.3 is 0 Å². The van der Waals surface area contributed by atoms with E-state index in [-0.39, 0.29) is 6.17 Å². The Morgan fingerprint density at radius 3 is 3.06 bits per heavy atom. The fourth-order valence-electron chi connectivity index (χ4n) is 2.51. The Labute approximate surface area is 92.4 Å². The summed E-state index contributed by atoms with van der Waals surface area (Å²) in [4.78, 5) is 4.66. The number of aromatic nitrogens is 4. The minimum Gasteiger partial charge on any atom is -0.244 e. The van der Waals surface area contributed by atoms with Crippen LogP contribution < -0.4 is 4.68 Å². The SMILES string of the molecule is CC1n2c(nc3ccccc32)-n2ccc[n+]21. The third-order valence-corrected chi connectivity index (χ3v) is 3.25. The molecule has 0 saturated carbocycles. The lowest BCUT2D eigenvalue weighted by atomic mass is 10.3. The molecule has 1 aliphatic rings. The maximum atomic E-state index is 4.66. The van der Waals surface area contributed by atoms with Gasteiger partial charge in [0.15, 0.2) is 6.20 Å². The summed E-state index contributed by atoms with van der Waals surface area (Å²) in [6, 6.07) is 10.3. The molecular weight excluding hydrogens is 200 g/mol. The molecule has 4 rings (SSSR count). The number of hydrogen-bond acceptors (Lipinski definition) is 1. The Morgan fingerprint density at radius 2 is 2.12 bits per heavy atom. The van der Waals surface area contributed by atoms with Crippen molar-refractivity contribution in [2.75, 3.05) is 0 Å². The molecule has 0 radical (unpaired) electrons. The standard InChI is InChI=1S/C12H11N4/c1-9-14-7-4-8-15(14)12-13-10-5-2-3-6-11(10)16(9)12/h2-9H,1H3/q+1. The van der Waals surface area contributed by atoms with Gasteiger partial charge in [0, 0.05) is 13.0 Å². The third kappa shape index (κ3) is 0.768. The van der Waals surface area contributed by atoms with Crippen molar-refractivity contribution in [3.8, 4) is 5.95 Å². The molecule has 0 N–H and O–H groups in total. The average molecular weight is 211 g/mol. The summed E-state index contributed by atoms with van der Waals surface area (Å²) in [5.41, 5.74) is 2.26. The van der Waals surface area contributed by atoms with E-state index in [1.54, 1.807) is 0 Å². The zero-order chi connectivity index (χ0) is 10.7. The van der Waals surface area contributed by atoms with Crippen molar-refractivity contribution >= 4 is 11.0 Å². The minimum atomic E-state index is 0.289. The lowest BCUT2D eigenvalue weighted by molar-refractivity contribution is -0.779. The molecule has 0 bridgehead atoms. The Bertz CT molecular complexity index is 692. The molecule has 0 saturated heterocycles. The topological polar surface area (TPSA) is 26.6 Å². The fourth-order valence-corrected chi connectivity index (χ4v) is 2.51. The Kier molecular flexibility index (Phi) is 1.28. The second-order valence-electron chi connectivity index (χ2n) is 4.12. The van der Waals surface area contributed by atoms with Crippen molar-refractivity contribution in [2.45, 2.75) is 13.1 Å². The summed E-state index contributed by atoms with van der Waals surface area (Å²) in [6.45, 7) is 2.18. The molecule has 3 heterocycles. The van der Waals surface area contributed by atoms with E-state index >= 15 is 0 Å². The largest absolute Gasteiger partial charge is 0.274 e. The number of imidazole rings is 1. The van der Waals surface area contributed by atoms with Gasteiger partial charge in [-0.25, -0.2) is 9.55 Å². The van der Waals surface area contributed by atoms with E-state index in [1.165, 1.54) is 5.52 Å². The summed E-state index contributed by atoms with van der Waals surface area (Å²) in [5.74, 6) is 0.999. The van der Waals surface area contributed by atoms with Gasteiger partial charge in [-0.3, -0.25) is 0 Å². The molecule has 0 amide bonds. The summed E-state index contributed by atoms with van der Waals surface area (Å²) in [5, 5.41) is 0. The van der Waals surface area contributed by atoms with Crippen LogP contribution in [-0.2, 0) is 0 Å². The van der Waals surface area contributed by atoms with Gasteiger partial charge in [-0.2, -0.15) is 0 Å². The molecule has 3 aromatic rings. The highest BCUT2D eigenvalue weighted by Crippen LogP contribution is 2.25. The predicted octanol–water partition coefficient (Wildman–Crippen LogP) is 1.49. The maximum absolute atomic E-state index is 4.66. The van der Waals surface area contributed by atoms with Crippen LogP contribution in [0.15, 0.2) is 42.7 Å². The predicted molar refractivity (Wildman–Crippen MR) is 59.4 cm³/mol. The number of para-hydroxylation sites is 2. The Balaban J connectivity index is 2.18. The van der Waals surface area contributed by atoms with Crippen molar-refractivity contribution in [2.24, 2.45) is 0 Å². The van der Waals surface area contributed by atoms with E-state index in [2.05, 4.69) is 50.2 Å². The van der Waals surface area contributed by atoms with Gasteiger partial charge in [0.1, 0.15) is 0 Å². The van der Waals surface area contributed by atoms with Crippen LogP contribution in [0.4, 0.5) is 0 Å². The van der Waals surface area contributed by atoms with Gasteiger partial charge in [-0.05, 0) is 12.1 Å². The van der Waals surface area contributed by atoms with E-state index in [9.17, 15) is 0 Å². The first kappa shape index (κ1) is 8.10. The monoisotopic (exact) mass is 211 g/mol. The summed E-state index contributed by atoms with van der Waals surface area (Å²) in [6.07, 6.45) is 4.41. The molecule has 16 heavy (non-hydrogen) atoms. The number of nitrogens with zero attached hydrogens (tertiary/aromatic N) is 4. The fraction of sp³-hybridized carbons (Fsp3) is 0.167. The first-order chi connectivity index (χ1) is 7.86. The van der Waals surface area contributed by atoms with Gasteiger partial charge in [0.25, 0.3) is 12.1 Å². The molecule has 0 fully saturated rings. The zero-order valence-corrected chi connectivity index (χ0v) is 8.91. The van der Waals surface area contributed by atoms with Crippen LogP contribution in [0.25, 0.3) is 17.0 Å². The zero-order valence-electron chi connectivity index (χ0n) is 8.91. The Hall–Kier alpha value is -2.10. The van der Waals surface area contributed by atoms with Crippen molar-refractivity contribution in [3.05, 3.63) is 42.7 Å². The molecule has 1 unspecified atom stereocenters. The van der Waals surface area contributed by atoms with Gasteiger partial charge in [0.2, 0.25) is 0 Å². The normalized spacial score (nSPS) is 17.7. The summed E-state index contributed by atoms with van der Waals surface area (Å²) < 4.78 is 6.52. The molecule has 1 atom stereocenters. The van der Waals surface area contributed by atoms with Crippen LogP contribution in [0, 0.1) is 0 Å². The summed E-state index contributed by atoms with van der Waals surface area (Å²) in [7, 11) is 0. The van der Waals surface area contributed by atoms with Gasteiger partial charge in [0.05, 0.1) is 17.2 Å². The van der Waals surface area contributed by atoms with Gasteiger partial charge in [-0.1, -0.05) is 21.5 Å². The molecule has 4 nitrogen and oxygen atoms in total. The van der Waals surface area contributed by atoms with Crippen LogP contribution in [0.5, 0.6) is 0 Å². The number of rotatable bonds is 0. The Morgan fingerprint density at radius 1 is 1.25 bits per heavy atom. The molecule has 78 valence electrons. The molecule has 2 aromatic heterocycles. The average Bonchev–Trinajstić information content (AvgIpc) is 2.95.